The van der Waals surface area contributed by atoms with Crippen molar-refractivity contribution in [3.8, 4) is 11.5 Å². The molecule has 0 N–H and O–H groups in total. The summed E-state index contributed by atoms with van der Waals surface area (Å²) in [6.07, 6.45) is 1.65. The van der Waals surface area contributed by atoms with Crippen molar-refractivity contribution in [2.45, 2.75) is 0 Å². The summed E-state index contributed by atoms with van der Waals surface area (Å²) in [5.41, 5.74) is 0.714. The molecule has 2 rings (SSSR count). The van der Waals surface area contributed by atoms with Crippen LogP contribution in [0.3, 0.4) is 0 Å². The standard InChI is InChI=1S/C12H13ClN2O3/c1-16-3-4-18-11-5-8-7-14-12(13)15-9(8)6-10(11)17-2/h5-7H,3-4H2,1-2H3. The fourth-order valence-corrected chi connectivity index (χ4v) is 1.66. The first-order valence-electron chi connectivity index (χ1n) is 5.36. The molecule has 6 heteroatoms. The van der Waals surface area contributed by atoms with E-state index in [0.717, 1.165) is 5.39 Å². The second-order valence-electron chi connectivity index (χ2n) is 3.54. The topological polar surface area (TPSA) is 53.5 Å². The molecule has 1 aromatic heterocycles. The van der Waals surface area contributed by atoms with Crippen LogP contribution in [0, 0.1) is 0 Å². The number of ether oxygens (including phenoxy) is 3. The van der Waals surface area contributed by atoms with Crippen LogP contribution in [-0.2, 0) is 4.74 Å². The fourth-order valence-electron chi connectivity index (χ4n) is 1.52. The van der Waals surface area contributed by atoms with Gasteiger partial charge in [0, 0.05) is 24.8 Å². The summed E-state index contributed by atoms with van der Waals surface area (Å²) in [5.74, 6) is 1.24. The molecule has 1 aromatic carbocycles. The SMILES string of the molecule is COCCOc1cc2cnc(Cl)nc2cc1OC. The maximum absolute atomic E-state index is 5.75. The summed E-state index contributed by atoms with van der Waals surface area (Å²) in [5, 5.41) is 1.05. The average Bonchev–Trinajstić information content (AvgIpc) is 2.38. The van der Waals surface area contributed by atoms with Crippen molar-refractivity contribution in [3.63, 3.8) is 0 Å². The van der Waals surface area contributed by atoms with E-state index in [1.54, 1.807) is 26.5 Å². The van der Waals surface area contributed by atoms with E-state index in [1.807, 2.05) is 6.07 Å². The third-order valence-electron chi connectivity index (χ3n) is 2.38. The Balaban J connectivity index is 2.36. The Morgan fingerprint density at radius 1 is 1.17 bits per heavy atom. The molecule has 18 heavy (non-hydrogen) atoms. The van der Waals surface area contributed by atoms with E-state index >= 15 is 0 Å². The van der Waals surface area contributed by atoms with E-state index in [1.165, 1.54) is 0 Å². The molecule has 96 valence electrons. The Labute approximate surface area is 110 Å². The summed E-state index contributed by atoms with van der Waals surface area (Å²) in [6.45, 7) is 0.963. The fraction of sp³-hybridized carbons (Fsp3) is 0.333. The average molecular weight is 269 g/mol. The van der Waals surface area contributed by atoms with Crippen molar-refractivity contribution in [1.29, 1.82) is 0 Å². The number of methoxy groups -OCH3 is 2. The van der Waals surface area contributed by atoms with E-state index in [4.69, 9.17) is 25.8 Å². The zero-order chi connectivity index (χ0) is 13.0. The number of rotatable bonds is 5. The first-order chi connectivity index (χ1) is 8.74. The highest BCUT2D eigenvalue weighted by atomic mass is 35.5. The van der Waals surface area contributed by atoms with Crippen LogP contribution in [0.25, 0.3) is 10.9 Å². The van der Waals surface area contributed by atoms with Crippen LogP contribution in [0.4, 0.5) is 0 Å². The minimum absolute atomic E-state index is 0.206. The monoisotopic (exact) mass is 268 g/mol. The minimum Gasteiger partial charge on any atom is -0.493 e. The van der Waals surface area contributed by atoms with Gasteiger partial charge in [0.1, 0.15) is 6.61 Å². The van der Waals surface area contributed by atoms with Gasteiger partial charge in [0.05, 0.1) is 19.2 Å². The first kappa shape index (κ1) is 12.9. The van der Waals surface area contributed by atoms with Gasteiger partial charge in [-0.3, -0.25) is 0 Å². The number of halogens is 1. The van der Waals surface area contributed by atoms with E-state index in [9.17, 15) is 0 Å². The summed E-state index contributed by atoms with van der Waals surface area (Å²) >= 11 is 5.75. The zero-order valence-electron chi connectivity index (χ0n) is 10.1. The van der Waals surface area contributed by atoms with Gasteiger partial charge in [-0.25, -0.2) is 9.97 Å². The Kier molecular flexibility index (Phi) is 4.17. The van der Waals surface area contributed by atoms with Crippen molar-refractivity contribution < 1.29 is 14.2 Å². The zero-order valence-corrected chi connectivity index (χ0v) is 10.9. The molecule has 0 unspecified atom stereocenters. The molecule has 0 fully saturated rings. The highest BCUT2D eigenvalue weighted by molar-refractivity contribution is 6.28. The molecule has 2 aromatic rings. The second kappa shape index (κ2) is 5.84. The van der Waals surface area contributed by atoms with Gasteiger partial charge in [-0.1, -0.05) is 0 Å². The number of aromatic nitrogens is 2. The molecular formula is C12H13ClN2O3. The van der Waals surface area contributed by atoms with Gasteiger partial charge in [0.25, 0.3) is 0 Å². The Bertz CT molecular complexity index is 548. The maximum Gasteiger partial charge on any atom is 0.222 e. The third kappa shape index (κ3) is 2.80. The molecule has 0 saturated heterocycles. The van der Waals surface area contributed by atoms with E-state index in [-0.39, 0.29) is 5.28 Å². The molecule has 0 amide bonds. The normalized spacial score (nSPS) is 10.6. The highest BCUT2D eigenvalue weighted by Crippen LogP contribution is 2.31. The quantitative estimate of drug-likeness (QED) is 0.615. The number of benzene rings is 1. The molecule has 0 aliphatic carbocycles. The highest BCUT2D eigenvalue weighted by Gasteiger charge is 2.08. The van der Waals surface area contributed by atoms with Crippen molar-refractivity contribution in [3.05, 3.63) is 23.6 Å². The van der Waals surface area contributed by atoms with Crippen LogP contribution in [0.1, 0.15) is 0 Å². The molecule has 1 heterocycles. The minimum atomic E-state index is 0.206. The lowest BCUT2D eigenvalue weighted by Gasteiger charge is -2.11. The predicted molar refractivity (Wildman–Crippen MR) is 68.5 cm³/mol. The van der Waals surface area contributed by atoms with Crippen molar-refractivity contribution >= 4 is 22.5 Å². The molecular weight excluding hydrogens is 256 g/mol. The smallest absolute Gasteiger partial charge is 0.222 e. The van der Waals surface area contributed by atoms with Crippen LogP contribution in [-0.4, -0.2) is 37.4 Å². The first-order valence-corrected chi connectivity index (χ1v) is 5.74. The Hall–Kier alpha value is -1.59. The van der Waals surface area contributed by atoms with Gasteiger partial charge < -0.3 is 14.2 Å². The molecule has 0 radical (unpaired) electrons. The molecule has 0 aliphatic heterocycles. The van der Waals surface area contributed by atoms with Crippen LogP contribution in [0.15, 0.2) is 18.3 Å². The van der Waals surface area contributed by atoms with Gasteiger partial charge in [0.15, 0.2) is 11.5 Å². The van der Waals surface area contributed by atoms with E-state index < -0.39 is 0 Å². The van der Waals surface area contributed by atoms with E-state index in [0.29, 0.717) is 30.2 Å². The number of hydrogen-bond acceptors (Lipinski definition) is 5. The van der Waals surface area contributed by atoms with Crippen molar-refractivity contribution in [1.82, 2.24) is 9.97 Å². The van der Waals surface area contributed by atoms with Crippen LogP contribution >= 0.6 is 11.6 Å². The number of hydrogen-bond donors (Lipinski definition) is 0. The molecule has 0 saturated carbocycles. The van der Waals surface area contributed by atoms with Crippen LogP contribution < -0.4 is 9.47 Å². The lowest BCUT2D eigenvalue weighted by Crippen LogP contribution is -2.05. The van der Waals surface area contributed by atoms with Crippen molar-refractivity contribution in [2.24, 2.45) is 0 Å². The van der Waals surface area contributed by atoms with Gasteiger partial charge in [-0.15, -0.1) is 0 Å². The van der Waals surface area contributed by atoms with Crippen LogP contribution in [0.5, 0.6) is 11.5 Å². The van der Waals surface area contributed by atoms with Crippen LogP contribution in [0.2, 0.25) is 5.28 Å². The summed E-state index contributed by atoms with van der Waals surface area (Å²) < 4.78 is 15.8. The third-order valence-corrected chi connectivity index (χ3v) is 2.56. The van der Waals surface area contributed by atoms with E-state index in [2.05, 4.69) is 9.97 Å². The van der Waals surface area contributed by atoms with Gasteiger partial charge in [0.2, 0.25) is 5.28 Å². The lowest BCUT2D eigenvalue weighted by molar-refractivity contribution is 0.144. The Morgan fingerprint density at radius 3 is 2.72 bits per heavy atom. The lowest BCUT2D eigenvalue weighted by atomic mass is 10.2. The molecule has 0 aliphatic rings. The molecule has 0 spiro atoms. The second-order valence-corrected chi connectivity index (χ2v) is 3.88. The van der Waals surface area contributed by atoms with Gasteiger partial charge in [-0.2, -0.15) is 0 Å². The van der Waals surface area contributed by atoms with Gasteiger partial charge >= 0.3 is 0 Å². The summed E-state index contributed by atoms with van der Waals surface area (Å²) in [4.78, 5) is 8.05. The maximum atomic E-state index is 5.75. The summed E-state index contributed by atoms with van der Waals surface area (Å²) in [7, 11) is 3.20. The Morgan fingerprint density at radius 2 is 2.00 bits per heavy atom. The van der Waals surface area contributed by atoms with Crippen molar-refractivity contribution in [2.75, 3.05) is 27.4 Å². The van der Waals surface area contributed by atoms with Gasteiger partial charge in [-0.05, 0) is 17.7 Å². The number of fused-ring (bicyclic) bond motifs is 1. The molecule has 0 atom stereocenters. The molecule has 5 nitrogen and oxygen atoms in total. The number of nitrogens with zero attached hydrogens (tertiary/aromatic N) is 2. The largest absolute Gasteiger partial charge is 0.493 e. The molecule has 0 bridgehead atoms. The summed E-state index contributed by atoms with van der Waals surface area (Å²) in [6, 6.07) is 3.59. The predicted octanol–water partition coefficient (Wildman–Crippen LogP) is 2.32.